The quantitative estimate of drug-likeness (QED) is 0.254. The Bertz CT molecular complexity index is 1130. The molecule has 2 aromatic rings. The molecule has 0 bridgehead atoms. The summed E-state index contributed by atoms with van der Waals surface area (Å²) in [5.41, 5.74) is 5.42. The normalized spacial score (nSPS) is 14.8. The summed E-state index contributed by atoms with van der Waals surface area (Å²) >= 11 is 0. The number of carbonyl (C=O) groups excluding carboxylic acids is 3. The standard InChI is InChI=1S/C29H30O5/c1-4-5-6-7-26-24(17-10-20-8-13-22(14-9-20)28(31)33-2)19-25(27(26)30)18-21-11-15-23(16-12-21)29(32)34-3/h8-18H,4-7,19H2,1-3H3. The monoisotopic (exact) mass is 458 g/mol. The minimum atomic E-state index is -0.386. The summed E-state index contributed by atoms with van der Waals surface area (Å²) in [7, 11) is 2.71. The third-order valence-electron chi connectivity index (χ3n) is 5.85. The van der Waals surface area contributed by atoms with Crippen molar-refractivity contribution in [2.75, 3.05) is 14.2 Å². The van der Waals surface area contributed by atoms with E-state index in [-0.39, 0.29) is 17.7 Å². The highest BCUT2D eigenvalue weighted by molar-refractivity contribution is 6.15. The van der Waals surface area contributed by atoms with E-state index in [2.05, 4.69) is 6.92 Å². The van der Waals surface area contributed by atoms with E-state index in [0.29, 0.717) is 17.5 Å². The number of allylic oxidation sites excluding steroid dienone is 4. The van der Waals surface area contributed by atoms with Crippen molar-refractivity contribution in [2.45, 2.75) is 39.0 Å². The van der Waals surface area contributed by atoms with Crippen molar-refractivity contribution in [1.82, 2.24) is 0 Å². The molecule has 1 aliphatic rings. The Kier molecular flexibility index (Phi) is 8.74. The second kappa shape index (κ2) is 11.9. The van der Waals surface area contributed by atoms with Gasteiger partial charge in [0.05, 0.1) is 25.3 Å². The Hall–Kier alpha value is -3.73. The van der Waals surface area contributed by atoms with Crippen molar-refractivity contribution in [1.29, 1.82) is 0 Å². The largest absolute Gasteiger partial charge is 0.465 e. The number of carbonyl (C=O) groups is 3. The van der Waals surface area contributed by atoms with Crippen LogP contribution in [0.15, 0.2) is 71.3 Å². The van der Waals surface area contributed by atoms with Crippen LogP contribution in [0.4, 0.5) is 0 Å². The van der Waals surface area contributed by atoms with Crippen LogP contribution in [0.1, 0.15) is 70.9 Å². The predicted octanol–water partition coefficient (Wildman–Crippen LogP) is 6.21. The van der Waals surface area contributed by atoms with Gasteiger partial charge in [-0.25, -0.2) is 9.59 Å². The van der Waals surface area contributed by atoms with Crippen LogP contribution in [0, 0.1) is 0 Å². The highest BCUT2D eigenvalue weighted by atomic mass is 16.5. The Morgan fingerprint density at radius 1 is 0.824 bits per heavy atom. The molecular weight excluding hydrogens is 428 g/mol. The molecule has 2 aromatic carbocycles. The van der Waals surface area contributed by atoms with Crippen molar-refractivity contribution < 1.29 is 23.9 Å². The van der Waals surface area contributed by atoms with Crippen molar-refractivity contribution >= 4 is 29.9 Å². The number of rotatable bonds is 9. The van der Waals surface area contributed by atoms with Gasteiger partial charge in [0, 0.05) is 17.6 Å². The molecule has 1 aliphatic carbocycles. The Labute approximate surface area is 200 Å². The van der Waals surface area contributed by atoms with Gasteiger partial charge in [-0.05, 0) is 59.9 Å². The van der Waals surface area contributed by atoms with E-state index in [0.717, 1.165) is 53.5 Å². The van der Waals surface area contributed by atoms with Gasteiger partial charge >= 0.3 is 11.9 Å². The number of methoxy groups -OCH3 is 2. The van der Waals surface area contributed by atoms with E-state index in [9.17, 15) is 14.4 Å². The number of ether oxygens (including phenoxy) is 2. The molecule has 0 radical (unpaired) electrons. The van der Waals surface area contributed by atoms with Crippen LogP contribution in [0.25, 0.3) is 12.2 Å². The number of ketones is 1. The molecule has 0 aliphatic heterocycles. The topological polar surface area (TPSA) is 69.7 Å². The number of esters is 2. The molecule has 0 heterocycles. The molecule has 0 unspecified atom stereocenters. The fourth-order valence-electron chi connectivity index (χ4n) is 3.91. The average Bonchev–Trinajstić information content (AvgIpc) is 3.16. The molecule has 0 amide bonds. The molecule has 0 spiro atoms. The lowest BCUT2D eigenvalue weighted by Crippen LogP contribution is -2.01. The van der Waals surface area contributed by atoms with E-state index >= 15 is 0 Å². The third-order valence-corrected chi connectivity index (χ3v) is 5.85. The van der Waals surface area contributed by atoms with Crippen LogP contribution in [0.3, 0.4) is 0 Å². The van der Waals surface area contributed by atoms with Crippen LogP contribution in [-0.2, 0) is 14.3 Å². The van der Waals surface area contributed by atoms with Crippen LogP contribution in [-0.4, -0.2) is 31.9 Å². The maximum atomic E-state index is 13.2. The fourth-order valence-corrected chi connectivity index (χ4v) is 3.91. The molecule has 0 aromatic heterocycles. The molecule has 176 valence electrons. The number of hydrogen-bond acceptors (Lipinski definition) is 5. The van der Waals surface area contributed by atoms with Gasteiger partial charge in [-0.3, -0.25) is 4.79 Å². The smallest absolute Gasteiger partial charge is 0.337 e. The molecule has 0 saturated carbocycles. The number of Topliss-reactive ketones (excluding diaryl/α,β-unsaturated/α-hetero) is 1. The lowest BCUT2D eigenvalue weighted by Gasteiger charge is -2.03. The lowest BCUT2D eigenvalue weighted by atomic mass is 10.0. The molecule has 0 atom stereocenters. The predicted molar refractivity (Wildman–Crippen MR) is 133 cm³/mol. The van der Waals surface area contributed by atoms with Crippen molar-refractivity contribution in [2.24, 2.45) is 0 Å². The van der Waals surface area contributed by atoms with E-state index in [1.54, 1.807) is 24.3 Å². The SMILES string of the molecule is CCCCCC1=C(C=Cc2ccc(C(=O)OC)cc2)CC(=Cc2ccc(C(=O)OC)cc2)C1=O. The Morgan fingerprint density at radius 2 is 1.38 bits per heavy atom. The second-order valence-corrected chi connectivity index (χ2v) is 8.20. The molecule has 0 saturated heterocycles. The fraction of sp³-hybridized carbons (Fsp3) is 0.276. The third kappa shape index (κ3) is 6.19. The van der Waals surface area contributed by atoms with Gasteiger partial charge in [-0.1, -0.05) is 56.2 Å². The zero-order chi connectivity index (χ0) is 24.5. The highest BCUT2D eigenvalue weighted by Crippen LogP contribution is 2.34. The summed E-state index contributed by atoms with van der Waals surface area (Å²) < 4.78 is 9.49. The van der Waals surface area contributed by atoms with Gasteiger partial charge < -0.3 is 9.47 Å². The van der Waals surface area contributed by atoms with Crippen LogP contribution >= 0.6 is 0 Å². The maximum absolute atomic E-state index is 13.2. The Balaban J connectivity index is 1.82. The zero-order valence-corrected chi connectivity index (χ0v) is 19.9. The number of benzene rings is 2. The van der Waals surface area contributed by atoms with Crippen LogP contribution < -0.4 is 0 Å². The van der Waals surface area contributed by atoms with Crippen LogP contribution in [0.5, 0.6) is 0 Å². The van der Waals surface area contributed by atoms with Gasteiger partial charge in [0.2, 0.25) is 0 Å². The molecule has 5 nitrogen and oxygen atoms in total. The van der Waals surface area contributed by atoms with Gasteiger partial charge in [0.25, 0.3) is 0 Å². The molecule has 0 fully saturated rings. The minimum absolute atomic E-state index is 0.0915. The average molecular weight is 459 g/mol. The first kappa shape index (κ1) is 24.9. The Morgan fingerprint density at radius 3 is 1.91 bits per heavy atom. The van der Waals surface area contributed by atoms with E-state index in [4.69, 9.17) is 9.47 Å². The first-order chi connectivity index (χ1) is 16.5. The van der Waals surface area contributed by atoms with Crippen molar-refractivity contribution in [3.8, 4) is 0 Å². The van der Waals surface area contributed by atoms with Gasteiger partial charge in [-0.15, -0.1) is 0 Å². The van der Waals surface area contributed by atoms with E-state index in [1.165, 1.54) is 14.2 Å². The minimum Gasteiger partial charge on any atom is -0.465 e. The summed E-state index contributed by atoms with van der Waals surface area (Å²) in [5, 5.41) is 0. The van der Waals surface area contributed by atoms with E-state index < -0.39 is 0 Å². The zero-order valence-electron chi connectivity index (χ0n) is 19.9. The summed E-state index contributed by atoms with van der Waals surface area (Å²) in [6, 6.07) is 14.2. The highest BCUT2D eigenvalue weighted by Gasteiger charge is 2.26. The maximum Gasteiger partial charge on any atom is 0.337 e. The summed E-state index contributed by atoms with van der Waals surface area (Å²) in [6.45, 7) is 2.15. The first-order valence-corrected chi connectivity index (χ1v) is 11.5. The van der Waals surface area contributed by atoms with Gasteiger partial charge in [0.1, 0.15) is 0 Å². The van der Waals surface area contributed by atoms with Crippen molar-refractivity contribution in [3.05, 3.63) is 93.6 Å². The second-order valence-electron chi connectivity index (χ2n) is 8.20. The van der Waals surface area contributed by atoms with Crippen molar-refractivity contribution in [3.63, 3.8) is 0 Å². The molecule has 34 heavy (non-hydrogen) atoms. The summed E-state index contributed by atoms with van der Waals surface area (Å²) in [4.78, 5) is 36.5. The summed E-state index contributed by atoms with van der Waals surface area (Å²) in [5.74, 6) is -0.663. The van der Waals surface area contributed by atoms with Crippen LogP contribution in [0.2, 0.25) is 0 Å². The molecule has 5 heteroatoms. The summed E-state index contributed by atoms with van der Waals surface area (Å²) in [6.07, 6.45) is 10.3. The molecule has 3 rings (SSSR count). The first-order valence-electron chi connectivity index (χ1n) is 11.5. The number of hydrogen-bond donors (Lipinski definition) is 0. The number of unbranched alkanes of at least 4 members (excludes halogenated alkanes) is 2. The van der Waals surface area contributed by atoms with Gasteiger partial charge in [0.15, 0.2) is 5.78 Å². The van der Waals surface area contributed by atoms with E-state index in [1.807, 2.05) is 42.5 Å². The lowest BCUT2D eigenvalue weighted by molar-refractivity contribution is -0.112. The van der Waals surface area contributed by atoms with Gasteiger partial charge in [-0.2, -0.15) is 0 Å². The molecule has 0 N–H and O–H groups in total. The molecular formula is C29H30O5.